The summed E-state index contributed by atoms with van der Waals surface area (Å²) in [6, 6.07) is 1.99. The summed E-state index contributed by atoms with van der Waals surface area (Å²) in [7, 11) is 0. The zero-order chi connectivity index (χ0) is 14.8. The van der Waals surface area contributed by atoms with Crippen molar-refractivity contribution in [2.75, 3.05) is 32.9 Å². The summed E-state index contributed by atoms with van der Waals surface area (Å²) in [5.74, 6) is -1.28. The van der Waals surface area contributed by atoms with Crippen molar-refractivity contribution in [2.45, 2.75) is 19.8 Å². The second kappa shape index (κ2) is 10.1. The number of ether oxygens (including phenoxy) is 2. The van der Waals surface area contributed by atoms with Crippen LogP contribution in [0.5, 0.6) is 5.75 Å². The molecule has 1 aromatic rings. The van der Waals surface area contributed by atoms with Crippen LogP contribution in [0.2, 0.25) is 0 Å². The first kappa shape index (κ1) is 17.3. The fourth-order valence-electron chi connectivity index (χ4n) is 1.62. The Hall–Kier alpha value is -0.720. The summed E-state index contributed by atoms with van der Waals surface area (Å²) in [5.41, 5.74) is 0. The van der Waals surface area contributed by atoms with E-state index in [9.17, 15) is 8.78 Å². The second-order valence-electron chi connectivity index (χ2n) is 4.20. The smallest absolute Gasteiger partial charge is 0.169 e. The molecule has 0 amide bonds. The first-order valence-corrected chi connectivity index (χ1v) is 7.50. The molecule has 0 radical (unpaired) electrons. The molecule has 0 bridgehead atoms. The number of hydrogen-bond acceptors (Lipinski definition) is 3. The van der Waals surface area contributed by atoms with E-state index in [2.05, 4.69) is 21.2 Å². The molecule has 0 heterocycles. The summed E-state index contributed by atoms with van der Waals surface area (Å²) in [4.78, 5) is 0. The molecule has 20 heavy (non-hydrogen) atoms. The lowest BCUT2D eigenvalue weighted by Gasteiger charge is -2.10. The van der Waals surface area contributed by atoms with Gasteiger partial charge in [-0.3, -0.25) is 0 Å². The van der Waals surface area contributed by atoms with Crippen LogP contribution in [-0.2, 0) is 4.74 Å². The fourth-order valence-corrected chi connectivity index (χ4v) is 2.14. The summed E-state index contributed by atoms with van der Waals surface area (Å²) in [6.45, 7) is 5.30. The predicted octanol–water partition coefficient (Wildman–Crippen LogP) is 3.51. The first-order chi connectivity index (χ1) is 9.65. The van der Waals surface area contributed by atoms with Crippen molar-refractivity contribution in [1.29, 1.82) is 0 Å². The standard InChI is InChI=1S/C14H20BrF2NO2/c1-2-19-7-4-3-5-18-6-8-20-14-12(15)9-11(16)10-13(14)17/h9-10,18H,2-8H2,1H3. The molecular weight excluding hydrogens is 332 g/mol. The van der Waals surface area contributed by atoms with Gasteiger partial charge in [0.25, 0.3) is 0 Å². The van der Waals surface area contributed by atoms with E-state index in [1.54, 1.807) is 0 Å². The van der Waals surface area contributed by atoms with Gasteiger partial charge in [0.15, 0.2) is 11.6 Å². The Morgan fingerprint density at radius 3 is 2.65 bits per heavy atom. The van der Waals surface area contributed by atoms with E-state index in [0.717, 1.165) is 38.7 Å². The van der Waals surface area contributed by atoms with E-state index in [4.69, 9.17) is 9.47 Å². The van der Waals surface area contributed by atoms with Crippen LogP contribution in [0.4, 0.5) is 8.78 Å². The van der Waals surface area contributed by atoms with E-state index in [1.807, 2.05) is 6.92 Å². The fraction of sp³-hybridized carbons (Fsp3) is 0.571. The van der Waals surface area contributed by atoms with Gasteiger partial charge < -0.3 is 14.8 Å². The number of hydrogen-bond donors (Lipinski definition) is 1. The average molecular weight is 352 g/mol. The van der Waals surface area contributed by atoms with Crippen LogP contribution in [0.1, 0.15) is 19.8 Å². The molecule has 0 unspecified atom stereocenters. The van der Waals surface area contributed by atoms with E-state index in [1.165, 1.54) is 6.07 Å². The Labute approximate surface area is 126 Å². The molecule has 0 aliphatic heterocycles. The maximum absolute atomic E-state index is 13.4. The van der Waals surface area contributed by atoms with Gasteiger partial charge in [-0.1, -0.05) is 0 Å². The number of benzene rings is 1. The SMILES string of the molecule is CCOCCCCNCCOc1c(F)cc(F)cc1Br. The van der Waals surface area contributed by atoms with Gasteiger partial charge in [-0.25, -0.2) is 8.78 Å². The number of unbranched alkanes of at least 4 members (excludes halogenated alkanes) is 1. The van der Waals surface area contributed by atoms with Crippen molar-refractivity contribution in [1.82, 2.24) is 5.32 Å². The van der Waals surface area contributed by atoms with Crippen molar-refractivity contribution in [3.63, 3.8) is 0 Å². The lowest BCUT2D eigenvalue weighted by Crippen LogP contribution is -2.22. The molecule has 0 atom stereocenters. The topological polar surface area (TPSA) is 30.5 Å². The Morgan fingerprint density at radius 1 is 1.15 bits per heavy atom. The van der Waals surface area contributed by atoms with Crippen LogP contribution in [0.3, 0.4) is 0 Å². The van der Waals surface area contributed by atoms with Crippen molar-refractivity contribution >= 4 is 15.9 Å². The summed E-state index contributed by atoms with van der Waals surface area (Å²) < 4.78 is 37.1. The third kappa shape index (κ3) is 6.63. The second-order valence-corrected chi connectivity index (χ2v) is 5.06. The molecule has 0 aliphatic carbocycles. The molecular formula is C14H20BrF2NO2. The highest BCUT2D eigenvalue weighted by molar-refractivity contribution is 9.10. The molecule has 0 saturated carbocycles. The van der Waals surface area contributed by atoms with E-state index in [-0.39, 0.29) is 10.2 Å². The highest BCUT2D eigenvalue weighted by Crippen LogP contribution is 2.28. The maximum atomic E-state index is 13.4. The molecule has 0 spiro atoms. The van der Waals surface area contributed by atoms with Crippen LogP contribution in [0, 0.1) is 11.6 Å². The van der Waals surface area contributed by atoms with Crippen molar-refractivity contribution in [2.24, 2.45) is 0 Å². The number of nitrogens with one attached hydrogen (secondary N) is 1. The predicted molar refractivity (Wildman–Crippen MR) is 78.1 cm³/mol. The van der Waals surface area contributed by atoms with Gasteiger partial charge >= 0.3 is 0 Å². The Kier molecular flexibility index (Phi) is 8.73. The molecule has 0 fully saturated rings. The average Bonchev–Trinajstić information content (AvgIpc) is 2.39. The molecule has 3 nitrogen and oxygen atoms in total. The Bertz CT molecular complexity index is 382. The summed E-state index contributed by atoms with van der Waals surface area (Å²) in [6.07, 6.45) is 2.04. The molecule has 0 aromatic heterocycles. The minimum absolute atomic E-state index is 0.0459. The van der Waals surface area contributed by atoms with Crippen molar-refractivity contribution in [3.05, 3.63) is 28.2 Å². The van der Waals surface area contributed by atoms with E-state index < -0.39 is 11.6 Å². The summed E-state index contributed by atoms with van der Waals surface area (Å²) >= 11 is 3.08. The normalized spacial score (nSPS) is 10.8. The molecule has 0 aliphatic rings. The van der Waals surface area contributed by atoms with Crippen molar-refractivity contribution in [3.8, 4) is 5.75 Å². The molecule has 1 rings (SSSR count). The Morgan fingerprint density at radius 2 is 1.95 bits per heavy atom. The largest absolute Gasteiger partial charge is 0.488 e. The minimum Gasteiger partial charge on any atom is -0.488 e. The van der Waals surface area contributed by atoms with Crippen LogP contribution in [0.25, 0.3) is 0 Å². The first-order valence-electron chi connectivity index (χ1n) is 6.71. The number of rotatable bonds is 10. The minimum atomic E-state index is -0.700. The quantitative estimate of drug-likeness (QED) is 0.654. The van der Waals surface area contributed by atoms with Gasteiger partial charge in [0, 0.05) is 25.8 Å². The zero-order valence-electron chi connectivity index (χ0n) is 11.6. The van der Waals surface area contributed by atoms with Crippen LogP contribution in [-0.4, -0.2) is 32.9 Å². The van der Waals surface area contributed by atoms with Gasteiger partial charge in [0.05, 0.1) is 4.47 Å². The zero-order valence-corrected chi connectivity index (χ0v) is 13.1. The van der Waals surface area contributed by atoms with Gasteiger partial charge in [-0.2, -0.15) is 0 Å². The van der Waals surface area contributed by atoms with Crippen LogP contribution >= 0.6 is 15.9 Å². The van der Waals surface area contributed by atoms with Gasteiger partial charge in [0.2, 0.25) is 0 Å². The lowest BCUT2D eigenvalue weighted by atomic mass is 10.3. The third-order valence-electron chi connectivity index (χ3n) is 2.58. The van der Waals surface area contributed by atoms with Crippen molar-refractivity contribution < 1.29 is 18.3 Å². The highest BCUT2D eigenvalue weighted by Gasteiger charge is 2.10. The molecule has 1 N–H and O–H groups in total. The van der Waals surface area contributed by atoms with Crippen LogP contribution < -0.4 is 10.1 Å². The molecule has 1 aromatic carbocycles. The molecule has 114 valence electrons. The van der Waals surface area contributed by atoms with E-state index in [0.29, 0.717) is 13.2 Å². The summed E-state index contributed by atoms with van der Waals surface area (Å²) in [5, 5.41) is 3.19. The molecule has 6 heteroatoms. The van der Waals surface area contributed by atoms with E-state index >= 15 is 0 Å². The highest BCUT2D eigenvalue weighted by atomic mass is 79.9. The molecule has 0 saturated heterocycles. The Balaban J connectivity index is 2.13. The van der Waals surface area contributed by atoms with Gasteiger partial charge in [-0.05, 0) is 48.3 Å². The van der Waals surface area contributed by atoms with Crippen LogP contribution in [0.15, 0.2) is 16.6 Å². The lowest BCUT2D eigenvalue weighted by molar-refractivity contribution is 0.143. The van der Waals surface area contributed by atoms with Gasteiger partial charge in [0.1, 0.15) is 12.4 Å². The maximum Gasteiger partial charge on any atom is 0.169 e. The monoisotopic (exact) mass is 351 g/mol. The number of halogens is 3. The third-order valence-corrected chi connectivity index (χ3v) is 3.17. The van der Waals surface area contributed by atoms with Gasteiger partial charge in [-0.15, -0.1) is 0 Å².